The van der Waals surface area contributed by atoms with Crippen molar-refractivity contribution in [3.8, 4) is 11.8 Å². The van der Waals surface area contributed by atoms with Crippen LogP contribution >= 0.6 is 0 Å². The van der Waals surface area contributed by atoms with E-state index in [4.69, 9.17) is 15.2 Å². The van der Waals surface area contributed by atoms with Crippen molar-refractivity contribution in [2.45, 2.75) is 0 Å². The van der Waals surface area contributed by atoms with Gasteiger partial charge in [0.2, 0.25) is 0 Å². The van der Waals surface area contributed by atoms with E-state index in [-0.39, 0.29) is 0 Å². The third-order valence-corrected chi connectivity index (χ3v) is 1.01. The Labute approximate surface area is 103 Å². The monoisotopic (exact) mass is 231 g/mol. The molecule has 0 radical (unpaired) electrons. The molecule has 3 nitrogen and oxygen atoms in total. The van der Waals surface area contributed by atoms with E-state index in [1.165, 1.54) is 6.08 Å². The first kappa shape index (κ1) is 19.9. The molecule has 1 aromatic rings. The average Bonchev–Trinajstić information content (AvgIpc) is 2.42. The van der Waals surface area contributed by atoms with Crippen molar-refractivity contribution in [2.75, 3.05) is 0 Å². The molecule has 0 saturated heterocycles. The first-order valence-corrected chi connectivity index (χ1v) is 4.49. The van der Waals surface area contributed by atoms with Crippen molar-refractivity contribution in [3.63, 3.8) is 0 Å². The van der Waals surface area contributed by atoms with Crippen molar-refractivity contribution in [2.24, 2.45) is 0 Å². The van der Waals surface area contributed by atoms with Gasteiger partial charge in [-0.3, -0.25) is 0 Å². The Morgan fingerprint density at radius 1 is 1.06 bits per heavy atom. The van der Waals surface area contributed by atoms with Gasteiger partial charge in [-0.15, -0.1) is 0 Å². The molecule has 0 atom stereocenters. The summed E-state index contributed by atoms with van der Waals surface area (Å²) in [4.78, 5) is 8.00. The number of nitrogens with zero attached hydrogens (tertiary/aromatic N) is 1. The summed E-state index contributed by atoms with van der Waals surface area (Å²) in [5.74, 6) is 0.322. The molecule has 0 fully saturated rings. The molecule has 1 aromatic carbocycles. The zero-order valence-electron chi connectivity index (χ0n) is 9.75. The summed E-state index contributed by atoms with van der Waals surface area (Å²) in [6.07, 6.45) is 4.46. The van der Waals surface area contributed by atoms with Crippen LogP contribution in [0.2, 0.25) is 0 Å². The number of hydrogen-bond donors (Lipinski definition) is 1. The fourth-order valence-electron chi connectivity index (χ4n) is 0.428. The Morgan fingerprint density at radius 2 is 1.41 bits per heavy atom. The molecule has 0 aromatic heterocycles. The molecule has 3 heteroatoms. The zero-order valence-corrected chi connectivity index (χ0v) is 9.75. The number of phenols is 1. The summed E-state index contributed by atoms with van der Waals surface area (Å²) in [6.45, 7) is 11.8. The second-order valence-electron chi connectivity index (χ2n) is 2.14. The normalized spacial score (nSPS) is 5.82. The van der Waals surface area contributed by atoms with Crippen LogP contribution in [0, 0.1) is 11.3 Å². The number of para-hydroxylation sites is 1. The summed E-state index contributed by atoms with van der Waals surface area (Å²) in [6, 6.07) is 10.4. The summed E-state index contributed by atoms with van der Waals surface area (Å²) >= 11 is 0. The average molecular weight is 231 g/mol. The van der Waals surface area contributed by atoms with Gasteiger partial charge in [-0.25, -0.2) is 0 Å². The topological polar surface area (TPSA) is 61.1 Å². The van der Waals surface area contributed by atoms with Gasteiger partial charge in [0.15, 0.2) is 0 Å². The Kier molecular flexibility index (Phi) is 27.3. The first-order valence-electron chi connectivity index (χ1n) is 4.49. The fourth-order valence-corrected chi connectivity index (χ4v) is 0.428. The minimum Gasteiger partial charge on any atom is -0.508 e. The Bertz CT molecular complexity index is 320. The maximum atomic E-state index is 8.63. The number of benzene rings is 1. The second kappa shape index (κ2) is 23.3. The fraction of sp³-hybridized carbons (Fsp3) is 0. The molecule has 90 valence electrons. The van der Waals surface area contributed by atoms with Crippen molar-refractivity contribution < 1.29 is 9.90 Å². The predicted molar refractivity (Wildman–Crippen MR) is 71.4 cm³/mol. The Hall–Kier alpha value is -2.60. The number of aromatic hydroxyl groups is 1. The largest absolute Gasteiger partial charge is 0.508 e. The van der Waals surface area contributed by atoms with Gasteiger partial charge in [0.25, 0.3) is 0 Å². The van der Waals surface area contributed by atoms with Crippen LogP contribution in [0.3, 0.4) is 0 Å². The lowest BCUT2D eigenvalue weighted by molar-refractivity contribution is -0.0979. The molecule has 0 aliphatic heterocycles. The van der Waals surface area contributed by atoms with E-state index in [0.717, 1.165) is 0 Å². The quantitative estimate of drug-likeness (QED) is 0.596. The van der Waals surface area contributed by atoms with E-state index in [1.54, 1.807) is 42.5 Å². The highest BCUT2D eigenvalue weighted by atomic mass is 16.3. The molecule has 1 N–H and O–H groups in total. The Balaban J connectivity index is -0.000000172. The van der Waals surface area contributed by atoms with Gasteiger partial charge in [0, 0.05) is 6.08 Å². The molecule has 17 heavy (non-hydrogen) atoms. The van der Waals surface area contributed by atoms with E-state index < -0.39 is 0 Å². The minimum absolute atomic E-state index is 0.322. The molecule has 0 bridgehead atoms. The number of allylic oxidation sites excluding steroid dienone is 3. The number of carbonyl (C=O) groups excluding carboxylic acids is 1. The summed E-state index contributed by atoms with van der Waals surface area (Å²) in [7, 11) is 0. The number of nitriles is 1. The smallest absolute Gasteiger partial charge is 0.115 e. The summed E-state index contributed by atoms with van der Waals surface area (Å²) < 4.78 is 0. The highest BCUT2D eigenvalue weighted by Crippen LogP contribution is 2.02. The highest BCUT2D eigenvalue weighted by Gasteiger charge is 1.74. The molecule has 0 aliphatic rings. The van der Waals surface area contributed by atoms with E-state index in [2.05, 4.69) is 19.7 Å². The van der Waals surface area contributed by atoms with Crippen LogP contribution in [0.1, 0.15) is 0 Å². The molecule has 1 rings (SSSR count). The third-order valence-electron chi connectivity index (χ3n) is 1.01. The summed E-state index contributed by atoms with van der Waals surface area (Å²) in [5, 5.41) is 16.1. The van der Waals surface area contributed by atoms with Gasteiger partial charge >= 0.3 is 0 Å². The maximum Gasteiger partial charge on any atom is 0.115 e. The number of carbonyl (C=O) groups is 1. The van der Waals surface area contributed by atoms with E-state index in [9.17, 15) is 0 Å². The van der Waals surface area contributed by atoms with E-state index in [0.29, 0.717) is 5.75 Å². The zero-order chi connectivity index (χ0) is 13.9. The lowest BCUT2D eigenvalue weighted by atomic mass is 10.3. The van der Waals surface area contributed by atoms with Gasteiger partial charge in [-0.1, -0.05) is 50.1 Å². The van der Waals surface area contributed by atoms with Crippen LogP contribution < -0.4 is 0 Å². The number of hydrogen-bond acceptors (Lipinski definition) is 3. The summed E-state index contributed by atoms with van der Waals surface area (Å²) in [5.41, 5.74) is 0. The minimum atomic E-state index is 0.322. The van der Waals surface area contributed by atoms with Crippen LogP contribution in [-0.4, -0.2) is 11.9 Å². The predicted octanol–water partition coefficient (Wildman–Crippen LogP) is 3.26. The molecule has 0 heterocycles. The van der Waals surface area contributed by atoms with E-state index >= 15 is 0 Å². The molecular formula is C14H17NO2. The third kappa shape index (κ3) is 31.8. The first-order chi connectivity index (χ1) is 8.22. The Morgan fingerprint density at radius 3 is 1.53 bits per heavy atom. The highest BCUT2D eigenvalue weighted by molar-refractivity contribution is 5.18. The van der Waals surface area contributed by atoms with Gasteiger partial charge < -0.3 is 9.90 Å². The molecule has 0 spiro atoms. The second-order valence-corrected chi connectivity index (χ2v) is 2.14. The van der Waals surface area contributed by atoms with Gasteiger partial charge in [-0.2, -0.15) is 5.26 Å². The molecular weight excluding hydrogens is 214 g/mol. The SMILES string of the molecule is C=CC#N.C=CC=C.C=O.Oc1ccccc1. The van der Waals surface area contributed by atoms with Crippen molar-refractivity contribution in [1.29, 1.82) is 5.26 Å². The molecule has 0 amide bonds. The lowest BCUT2D eigenvalue weighted by Crippen LogP contribution is -1.56. The lowest BCUT2D eigenvalue weighted by Gasteiger charge is -1.82. The van der Waals surface area contributed by atoms with Crippen LogP contribution in [0.25, 0.3) is 0 Å². The van der Waals surface area contributed by atoms with Gasteiger partial charge in [0.05, 0.1) is 6.07 Å². The van der Waals surface area contributed by atoms with Crippen LogP contribution in [-0.2, 0) is 4.79 Å². The van der Waals surface area contributed by atoms with Crippen LogP contribution in [0.15, 0.2) is 68.3 Å². The van der Waals surface area contributed by atoms with Crippen LogP contribution in [0.4, 0.5) is 0 Å². The standard InChI is InChI=1S/C6H6O.C4H6.C3H3N.CH2O/c7-6-4-2-1-3-5-6;1-3-4-2;1-2-3-4;1-2/h1-5,7H;3-4H,1-2H2;2H,1H2;1H2. The van der Waals surface area contributed by atoms with Crippen molar-refractivity contribution >= 4 is 6.79 Å². The molecule has 0 unspecified atom stereocenters. The van der Waals surface area contributed by atoms with Crippen LogP contribution in [0.5, 0.6) is 5.75 Å². The van der Waals surface area contributed by atoms with E-state index in [1.807, 2.05) is 12.9 Å². The maximum absolute atomic E-state index is 8.63. The van der Waals surface area contributed by atoms with Crippen molar-refractivity contribution in [1.82, 2.24) is 0 Å². The number of rotatable bonds is 1. The molecule has 0 saturated carbocycles. The van der Waals surface area contributed by atoms with Crippen molar-refractivity contribution in [3.05, 3.63) is 68.3 Å². The number of phenolic OH excluding ortho intramolecular Hbond substituents is 1. The molecule has 0 aliphatic carbocycles. The van der Waals surface area contributed by atoms with Gasteiger partial charge in [-0.05, 0) is 12.1 Å². The van der Waals surface area contributed by atoms with Gasteiger partial charge in [0.1, 0.15) is 12.5 Å².